The summed E-state index contributed by atoms with van der Waals surface area (Å²) < 4.78 is 5.40. The molecule has 26 heavy (non-hydrogen) atoms. The lowest BCUT2D eigenvalue weighted by atomic mass is 9.76. The van der Waals surface area contributed by atoms with Gasteiger partial charge in [0.1, 0.15) is 5.92 Å². The summed E-state index contributed by atoms with van der Waals surface area (Å²) in [5.41, 5.74) is 2.38. The predicted molar refractivity (Wildman–Crippen MR) is 103 cm³/mol. The van der Waals surface area contributed by atoms with Crippen LogP contribution < -0.4 is 0 Å². The van der Waals surface area contributed by atoms with Crippen molar-refractivity contribution in [3.63, 3.8) is 0 Å². The second kappa shape index (κ2) is 7.05. The molecular formula is C19H16ClN3O2S. The number of rotatable bonds is 4. The molecule has 132 valence electrons. The number of H-pyrrole nitrogens is 1. The van der Waals surface area contributed by atoms with Crippen molar-refractivity contribution in [2.24, 2.45) is 10.9 Å². The number of nitrogens with one attached hydrogen (secondary N) is 1. The highest BCUT2D eigenvalue weighted by atomic mass is 35.5. The smallest absolute Gasteiger partial charge is 0.316 e. The summed E-state index contributed by atoms with van der Waals surface area (Å²) >= 11 is 8.03. The third kappa shape index (κ3) is 2.85. The van der Waals surface area contributed by atoms with E-state index in [1.165, 1.54) is 0 Å². The molecule has 1 N–H and O–H groups in total. The van der Waals surface area contributed by atoms with E-state index < -0.39 is 5.92 Å². The number of halogens is 1. The second-order valence-electron chi connectivity index (χ2n) is 5.88. The van der Waals surface area contributed by atoms with Gasteiger partial charge in [-0.25, -0.2) is 4.99 Å². The van der Waals surface area contributed by atoms with Gasteiger partial charge in [-0.2, -0.15) is 5.10 Å². The van der Waals surface area contributed by atoms with E-state index in [-0.39, 0.29) is 11.9 Å². The summed E-state index contributed by atoms with van der Waals surface area (Å²) in [7, 11) is 0. The Kier molecular flexibility index (Phi) is 4.61. The van der Waals surface area contributed by atoms with Crippen LogP contribution in [0.15, 0.2) is 53.0 Å². The number of nitrogens with zero attached hydrogens (tertiary/aromatic N) is 2. The number of benzene rings is 1. The number of hydrogen-bond acceptors (Lipinski definition) is 5. The van der Waals surface area contributed by atoms with Gasteiger partial charge in [-0.05, 0) is 30.0 Å². The lowest BCUT2D eigenvalue weighted by Gasteiger charge is -2.30. The van der Waals surface area contributed by atoms with E-state index in [2.05, 4.69) is 10.2 Å². The molecule has 1 aliphatic rings. The second-order valence-corrected chi connectivity index (χ2v) is 7.23. The molecule has 7 heteroatoms. The van der Waals surface area contributed by atoms with Crippen LogP contribution >= 0.6 is 22.9 Å². The predicted octanol–water partition coefficient (Wildman–Crippen LogP) is 4.57. The highest BCUT2D eigenvalue weighted by molar-refractivity contribution is 7.12. The van der Waals surface area contributed by atoms with E-state index in [4.69, 9.17) is 21.3 Å². The first kappa shape index (κ1) is 17.0. The maximum Gasteiger partial charge on any atom is 0.316 e. The van der Waals surface area contributed by atoms with Gasteiger partial charge in [0.15, 0.2) is 5.82 Å². The number of carbonyl (C=O) groups is 1. The topological polar surface area (TPSA) is 67.3 Å². The lowest BCUT2D eigenvalue weighted by molar-refractivity contribution is -0.145. The largest absolute Gasteiger partial charge is 0.465 e. The Bertz CT molecular complexity index is 965. The summed E-state index contributed by atoms with van der Waals surface area (Å²) in [5.74, 6) is -0.556. The number of hydrogen-bond donors (Lipinski definition) is 1. The number of esters is 1. The van der Waals surface area contributed by atoms with Crippen LogP contribution in [-0.2, 0) is 9.53 Å². The van der Waals surface area contributed by atoms with Crippen LogP contribution in [0, 0.1) is 5.92 Å². The number of aromatic nitrogens is 2. The van der Waals surface area contributed by atoms with Crippen molar-refractivity contribution < 1.29 is 9.53 Å². The molecule has 1 aliphatic heterocycles. The van der Waals surface area contributed by atoms with E-state index in [1.54, 1.807) is 24.5 Å². The Morgan fingerprint density at radius 1 is 1.27 bits per heavy atom. The zero-order chi connectivity index (χ0) is 18.1. The van der Waals surface area contributed by atoms with Crippen molar-refractivity contribution in [3.05, 3.63) is 69.0 Å². The molecule has 5 nitrogen and oxygen atoms in total. The Labute approximate surface area is 159 Å². The summed E-state index contributed by atoms with van der Waals surface area (Å²) in [5, 5.41) is 9.64. The number of carbonyl (C=O) groups excluding carboxylic acids is 1. The van der Waals surface area contributed by atoms with Crippen LogP contribution in [0.3, 0.4) is 0 Å². The van der Waals surface area contributed by atoms with Crippen LogP contribution in [0.4, 0.5) is 5.82 Å². The van der Waals surface area contributed by atoms with Gasteiger partial charge in [-0.15, -0.1) is 11.3 Å². The molecule has 2 atom stereocenters. The molecule has 0 saturated carbocycles. The van der Waals surface area contributed by atoms with Crippen LogP contribution in [0.1, 0.15) is 28.8 Å². The minimum absolute atomic E-state index is 0.306. The first-order valence-electron chi connectivity index (χ1n) is 8.27. The normalized spacial score (nSPS) is 18.9. The van der Waals surface area contributed by atoms with Gasteiger partial charge in [-0.1, -0.05) is 35.9 Å². The molecule has 0 radical (unpaired) electrons. The van der Waals surface area contributed by atoms with Crippen molar-refractivity contribution in [1.82, 2.24) is 10.2 Å². The quantitative estimate of drug-likeness (QED) is 0.669. The standard InChI is InChI=1S/C19H16ClN3O2S/c1-2-25-19(24)16-15(11-6-3-4-7-13(11)20)12-10-21-23-18(12)22-17(16)14-8-5-9-26-14/h3-10,15-16H,2H2,1H3,(H,21,23). The molecule has 0 saturated heterocycles. The molecule has 0 aliphatic carbocycles. The maximum absolute atomic E-state index is 13.0. The minimum atomic E-state index is -0.585. The number of thiophene rings is 1. The Hall–Kier alpha value is -2.44. The molecule has 2 aromatic heterocycles. The zero-order valence-corrected chi connectivity index (χ0v) is 15.6. The fourth-order valence-corrected chi connectivity index (χ4v) is 4.33. The fraction of sp³-hybridized carbons (Fsp3) is 0.211. The van der Waals surface area contributed by atoms with Crippen molar-refractivity contribution in [2.45, 2.75) is 12.8 Å². The molecular weight excluding hydrogens is 370 g/mol. The van der Waals surface area contributed by atoms with Crippen molar-refractivity contribution in [2.75, 3.05) is 6.61 Å². The molecule has 4 rings (SSSR count). The van der Waals surface area contributed by atoms with Crippen LogP contribution in [-0.4, -0.2) is 28.5 Å². The average molecular weight is 386 g/mol. The van der Waals surface area contributed by atoms with Gasteiger partial charge in [0, 0.05) is 21.4 Å². The Morgan fingerprint density at radius 3 is 2.85 bits per heavy atom. The van der Waals surface area contributed by atoms with Gasteiger partial charge >= 0.3 is 5.97 Å². The van der Waals surface area contributed by atoms with Gasteiger partial charge < -0.3 is 4.74 Å². The third-order valence-corrected chi connectivity index (χ3v) is 5.63. The monoisotopic (exact) mass is 385 g/mol. The summed E-state index contributed by atoms with van der Waals surface area (Å²) in [4.78, 5) is 18.6. The van der Waals surface area contributed by atoms with Gasteiger partial charge in [0.2, 0.25) is 0 Å². The minimum Gasteiger partial charge on any atom is -0.465 e. The van der Waals surface area contributed by atoms with Gasteiger partial charge in [0.05, 0.1) is 18.5 Å². The number of aliphatic imine (C=N–C) groups is 1. The van der Waals surface area contributed by atoms with E-state index >= 15 is 0 Å². The lowest BCUT2D eigenvalue weighted by Crippen LogP contribution is -2.34. The Balaban J connectivity index is 1.94. The third-order valence-electron chi connectivity index (χ3n) is 4.40. The first-order chi connectivity index (χ1) is 12.7. The summed E-state index contributed by atoms with van der Waals surface area (Å²) in [6.07, 6.45) is 1.71. The molecule has 1 aromatic carbocycles. The van der Waals surface area contributed by atoms with Gasteiger partial charge in [0.25, 0.3) is 0 Å². The molecule has 0 spiro atoms. The first-order valence-corrected chi connectivity index (χ1v) is 9.53. The fourth-order valence-electron chi connectivity index (χ4n) is 3.32. The number of aromatic amines is 1. The molecule has 0 bridgehead atoms. The number of fused-ring (bicyclic) bond motifs is 1. The zero-order valence-electron chi connectivity index (χ0n) is 14.0. The van der Waals surface area contributed by atoms with Crippen LogP contribution in [0.5, 0.6) is 0 Å². The molecule has 2 unspecified atom stereocenters. The van der Waals surface area contributed by atoms with Crippen molar-refractivity contribution in [1.29, 1.82) is 0 Å². The molecule has 0 amide bonds. The molecule has 3 heterocycles. The van der Waals surface area contributed by atoms with E-state index in [1.807, 2.05) is 41.8 Å². The van der Waals surface area contributed by atoms with Crippen LogP contribution in [0.2, 0.25) is 5.02 Å². The van der Waals surface area contributed by atoms with Crippen LogP contribution in [0.25, 0.3) is 0 Å². The highest BCUT2D eigenvalue weighted by Gasteiger charge is 2.42. The van der Waals surface area contributed by atoms with E-state index in [0.717, 1.165) is 16.0 Å². The van der Waals surface area contributed by atoms with Crippen molar-refractivity contribution in [3.8, 4) is 0 Å². The highest BCUT2D eigenvalue weighted by Crippen LogP contribution is 2.45. The SMILES string of the molecule is CCOC(=O)C1C(c2cccs2)=Nc2[nH]ncc2C1c1ccccc1Cl. The summed E-state index contributed by atoms with van der Waals surface area (Å²) in [6.45, 7) is 2.11. The Morgan fingerprint density at radius 2 is 2.12 bits per heavy atom. The van der Waals surface area contributed by atoms with Crippen molar-refractivity contribution >= 4 is 40.4 Å². The summed E-state index contributed by atoms with van der Waals surface area (Å²) in [6, 6.07) is 11.5. The van der Waals surface area contributed by atoms with Gasteiger partial charge in [-0.3, -0.25) is 9.89 Å². The van der Waals surface area contributed by atoms with E-state index in [0.29, 0.717) is 23.2 Å². The number of ether oxygens (including phenoxy) is 1. The molecule has 3 aromatic rings. The van der Waals surface area contributed by atoms with E-state index in [9.17, 15) is 4.79 Å². The maximum atomic E-state index is 13.0. The average Bonchev–Trinajstić information content (AvgIpc) is 3.32. The molecule has 0 fully saturated rings.